The lowest BCUT2D eigenvalue weighted by molar-refractivity contribution is 0.00659. The molecule has 5 heteroatoms. The minimum atomic E-state index is -0.468. The second kappa shape index (κ2) is 7.70. The van der Waals surface area contributed by atoms with Crippen molar-refractivity contribution in [3.05, 3.63) is 0 Å². The van der Waals surface area contributed by atoms with Gasteiger partial charge in [-0.3, -0.25) is 0 Å². The lowest BCUT2D eigenvalue weighted by Gasteiger charge is -2.36. The van der Waals surface area contributed by atoms with Gasteiger partial charge >= 0.3 is 6.09 Å². The highest BCUT2D eigenvalue weighted by Crippen LogP contribution is 2.17. The number of ether oxygens (including phenoxy) is 2. The molecular weight excluding hydrogens is 244 g/mol. The molecule has 0 aromatic rings. The lowest BCUT2D eigenvalue weighted by Crippen LogP contribution is -2.50. The van der Waals surface area contributed by atoms with Crippen LogP contribution in [-0.2, 0) is 9.47 Å². The molecule has 0 bridgehead atoms. The summed E-state index contributed by atoms with van der Waals surface area (Å²) in [5, 5.41) is 3.23. The average Bonchev–Trinajstić information content (AvgIpc) is 2.18. The molecule has 0 fully saturated rings. The van der Waals surface area contributed by atoms with Gasteiger partial charge in [0.15, 0.2) is 0 Å². The number of nitrogens with one attached hydrogen (secondary N) is 1. The molecule has 0 atom stereocenters. The van der Waals surface area contributed by atoms with Crippen LogP contribution in [0.15, 0.2) is 0 Å². The van der Waals surface area contributed by atoms with E-state index < -0.39 is 5.60 Å². The number of methoxy groups -OCH3 is 1. The van der Waals surface area contributed by atoms with Crippen LogP contribution in [0.1, 0.15) is 41.5 Å². The first-order valence-corrected chi connectivity index (χ1v) is 6.78. The maximum absolute atomic E-state index is 12.2. The van der Waals surface area contributed by atoms with E-state index in [2.05, 4.69) is 5.32 Å². The maximum Gasteiger partial charge on any atom is 0.410 e. The van der Waals surface area contributed by atoms with E-state index in [0.29, 0.717) is 13.2 Å². The van der Waals surface area contributed by atoms with Gasteiger partial charge in [0.25, 0.3) is 0 Å². The van der Waals surface area contributed by atoms with Crippen molar-refractivity contribution in [2.45, 2.75) is 52.7 Å². The van der Waals surface area contributed by atoms with Crippen LogP contribution in [0.4, 0.5) is 4.79 Å². The fourth-order valence-corrected chi connectivity index (χ4v) is 1.51. The number of hydrogen-bond donors (Lipinski definition) is 1. The Labute approximate surface area is 117 Å². The summed E-state index contributed by atoms with van der Waals surface area (Å²) in [5.74, 6) is 0. The Morgan fingerprint density at radius 1 is 1.11 bits per heavy atom. The number of amides is 1. The minimum absolute atomic E-state index is 0.259. The fourth-order valence-electron chi connectivity index (χ4n) is 1.51. The van der Waals surface area contributed by atoms with Crippen LogP contribution in [0.3, 0.4) is 0 Å². The summed E-state index contributed by atoms with van der Waals surface area (Å²) in [4.78, 5) is 13.9. The molecule has 0 heterocycles. The van der Waals surface area contributed by atoms with E-state index >= 15 is 0 Å². The molecular formula is C14H30N2O3. The normalized spacial score (nSPS) is 12.4. The second-order valence-corrected chi connectivity index (χ2v) is 6.55. The third kappa shape index (κ3) is 8.83. The summed E-state index contributed by atoms with van der Waals surface area (Å²) in [6.45, 7) is 14.4. The standard InChI is InChI=1S/C14H30N2O3/c1-13(2,3)16(10-8-15-9-11-18-7)12(17)19-14(4,5)6/h15H,8-11H2,1-7H3. The van der Waals surface area contributed by atoms with Gasteiger partial charge in [0.05, 0.1) is 6.61 Å². The van der Waals surface area contributed by atoms with Crippen LogP contribution >= 0.6 is 0 Å². The molecule has 114 valence electrons. The third-order valence-electron chi connectivity index (χ3n) is 2.42. The van der Waals surface area contributed by atoms with Crippen LogP contribution in [0.2, 0.25) is 0 Å². The van der Waals surface area contributed by atoms with Crippen LogP contribution in [-0.4, -0.2) is 55.5 Å². The van der Waals surface area contributed by atoms with Gasteiger partial charge < -0.3 is 19.7 Å². The molecule has 0 aliphatic carbocycles. The minimum Gasteiger partial charge on any atom is -0.444 e. The summed E-state index contributed by atoms with van der Waals surface area (Å²) in [5.41, 5.74) is -0.727. The highest BCUT2D eigenvalue weighted by atomic mass is 16.6. The Morgan fingerprint density at radius 2 is 1.68 bits per heavy atom. The Bertz CT molecular complexity index is 267. The third-order valence-corrected chi connectivity index (χ3v) is 2.42. The summed E-state index contributed by atoms with van der Waals surface area (Å²) in [7, 11) is 1.67. The van der Waals surface area contributed by atoms with Gasteiger partial charge in [-0.1, -0.05) is 0 Å². The SMILES string of the molecule is COCCNCCN(C(=O)OC(C)(C)C)C(C)(C)C. The molecule has 1 N–H and O–H groups in total. The van der Waals surface area contributed by atoms with Gasteiger partial charge in [0, 0.05) is 32.3 Å². The molecule has 0 aromatic heterocycles. The Kier molecular flexibility index (Phi) is 7.37. The van der Waals surface area contributed by atoms with E-state index in [9.17, 15) is 4.79 Å². The van der Waals surface area contributed by atoms with Gasteiger partial charge in [-0.05, 0) is 41.5 Å². The van der Waals surface area contributed by atoms with E-state index in [4.69, 9.17) is 9.47 Å². The molecule has 0 saturated carbocycles. The zero-order valence-electron chi connectivity index (χ0n) is 13.5. The molecule has 5 nitrogen and oxygen atoms in total. The monoisotopic (exact) mass is 274 g/mol. The van der Waals surface area contributed by atoms with Crippen LogP contribution in [0, 0.1) is 0 Å². The Morgan fingerprint density at radius 3 is 2.11 bits per heavy atom. The molecule has 0 aliphatic rings. The number of nitrogens with zero attached hydrogens (tertiary/aromatic N) is 1. The van der Waals surface area contributed by atoms with Crippen LogP contribution in [0.5, 0.6) is 0 Å². The smallest absolute Gasteiger partial charge is 0.410 e. The van der Waals surface area contributed by atoms with Crippen LogP contribution < -0.4 is 5.32 Å². The number of carbonyl (C=O) groups is 1. The molecule has 1 amide bonds. The maximum atomic E-state index is 12.2. The molecule has 0 aromatic carbocycles. The van der Waals surface area contributed by atoms with E-state index in [1.165, 1.54) is 0 Å². The fraction of sp³-hybridized carbons (Fsp3) is 0.929. The first kappa shape index (κ1) is 18.2. The van der Waals surface area contributed by atoms with E-state index in [-0.39, 0.29) is 11.6 Å². The number of rotatable bonds is 6. The summed E-state index contributed by atoms with van der Waals surface area (Å²) < 4.78 is 10.4. The van der Waals surface area contributed by atoms with Gasteiger partial charge in [-0.2, -0.15) is 0 Å². The molecule has 0 aliphatic heterocycles. The van der Waals surface area contributed by atoms with Crippen molar-refractivity contribution in [2.24, 2.45) is 0 Å². The first-order chi connectivity index (χ1) is 8.58. The molecule has 0 rings (SSSR count). The molecule has 0 unspecified atom stereocenters. The summed E-state index contributed by atoms with van der Waals surface area (Å²) in [6.07, 6.45) is -0.270. The van der Waals surface area contributed by atoms with Gasteiger partial charge in [-0.25, -0.2) is 4.79 Å². The van der Waals surface area contributed by atoms with Crippen molar-refractivity contribution >= 4 is 6.09 Å². The largest absolute Gasteiger partial charge is 0.444 e. The Balaban J connectivity index is 4.37. The van der Waals surface area contributed by atoms with Gasteiger partial charge in [0.1, 0.15) is 5.60 Å². The van der Waals surface area contributed by atoms with E-state index in [1.807, 2.05) is 41.5 Å². The lowest BCUT2D eigenvalue weighted by atomic mass is 10.1. The van der Waals surface area contributed by atoms with E-state index in [1.54, 1.807) is 12.0 Å². The summed E-state index contributed by atoms with van der Waals surface area (Å²) in [6, 6.07) is 0. The molecule has 19 heavy (non-hydrogen) atoms. The molecule has 0 spiro atoms. The van der Waals surface area contributed by atoms with Gasteiger partial charge in [-0.15, -0.1) is 0 Å². The Hall–Kier alpha value is -0.810. The van der Waals surface area contributed by atoms with Crippen molar-refractivity contribution in [3.63, 3.8) is 0 Å². The molecule has 0 saturated heterocycles. The summed E-state index contributed by atoms with van der Waals surface area (Å²) >= 11 is 0. The van der Waals surface area contributed by atoms with Crippen molar-refractivity contribution in [1.82, 2.24) is 10.2 Å². The topological polar surface area (TPSA) is 50.8 Å². The number of carbonyl (C=O) groups excluding carboxylic acids is 1. The van der Waals surface area contributed by atoms with Crippen molar-refractivity contribution < 1.29 is 14.3 Å². The highest BCUT2D eigenvalue weighted by Gasteiger charge is 2.30. The first-order valence-electron chi connectivity index (χ1n) is 6.78. The zero-order valence-corrected chi connectivity index (χ0v) is 13.5. The van der Waals surface area contributed by atoms with Crippen molar-refractivity contribution in [3.8, 4) is 0 Å². The van der Waals surface area contributed by atoms with Crippen molar-refractivity contribution in [1.29, 1.82) is 0 Å². The quantitative estimate of drug-likeness (QED) is 0.755. The molecule has 0 radical (unpaired) electrons. The van der Waals surface area contributed by atoms with Crippen molar-refractivity contribution in [2.75, 3.05) is 33.4 Å². The predicted molar refractivity (Wildman–Crippen MR) is 77.4 cm³/mol. The highest BCUT2D eigenvalue weighted by molar-refractivity contribution is 5.69. The number of hydrogen-bond acceptors (Lipinski definition) is 4. The van der Waals surface area contributed by atoms with Crippen LogP contribution in [0.25, 0.3) is 0 Å². The zero-order chi connectivity index (χ0) is 15.1. The average molecular weight is 274 g/mol. The van der Waals surface area contributed by atoms with E-state index in [0.717, 1.165) is 13.1 Å². The van der Waals surface area contributed by atoms with Gasteiger partial charge in [0.2, 0.25) is 0 Å². The predicted octanol–water partition coefficient (Wildman–Crippen LogP) is 2.26. The second-order valence-electron chi connectivity index (χ2n) is 6.55.